The topological polar surface area (TPSA) is 160 Å². The van der Waals surface area contributed by atoms with Crippen molar-refractivity contribution in [2.75, 3.05) is 6.61 Å². The van der Waals surface area contributed by atoms with Crippen LogP contribution in [0.4, 0.5) is 10.5 Å². The largest absolute Gasteiger partial charge is 0.465 e. The number of ether oxygens (including phenoxy) is 3. The number of imide groups is 1. The van der Waals surface area contributed by atoms with E-state index >= 15 is 0 Å². The number of nitrogens with two attached hydrogens (primary N) is 1. The van der Waals surface area contributed by atoms with Crippen LogP contribution >= 0.6 is 0 Å². The number of carbonyl (C=O) groups is 3. The number of hydrogen-bond donors (Lipinski definition) is 2. The predicted octanol–water partition coefficient (Wildman–Crippen LogP) is 2.43. The van der Waals surface area contributed by atoms with E-state index in [1.165, 1.54) is 24.3 Å². The van der Waals surface area contributed by atoms with Crippen LogP contribution in [0.2, 0.25) is 0 Å². The number of nitro benzene ring substituents is 1. The van der Waals surface area contributed by atoms with E-state index in [2.05, 4.69) is 0 Å². The standard InChI is InChI=1S/C21H19N3O8/c1-2-30-20(26)15(22)9-12-3-6-14(7-4-12)31-17-8-5-13(10-16(17)24(28)29)11-18-19(25)23-21(27)32-18/h3-8,10-11,15H,2,9,22H2,1H3,(H,23,25,27). The molecule has 2 amide bonds. The second-order valence-corrected chi connectivity index (χ2v) is 6.65. The second kappa shape index (κ2) is 9.71. The van der Waals surface area contributed by atoms with Crippen LogP contribution in [0.25, 0.3) is 6.08 Å². The van der Waals surface area contributed by atoms with E-state index in [4.69, 9.17) is 19.9 Å². The van der Waals surface area contributed by atoms with E-state index in [0.29, 0.717) is 5.75 Å². The van der Waals surface area contributed by atoms with Gasteiger partial charge in [-0.05, 0) is 48.7 Å². The Morgan fingerprint density at radius 3 is 2.56 bits per heavy atom. The number of nitrogens with zero attached hydrogens (tertiary/aromatic N) is 1. The lowest BCUT2D eigenvalue weighted by Gasteiger charge is -2.11. The maximum atomic E-state index is 11.6. The fraction of sp³-hybridized carbons (Fsp3) is 0.190. The molecule has 1 unspecified atom stereocenters. The van der Waals surface area contributed by atoms with Crippen LogP contribution in [-0.4, -0.2) is 35.5 Å². The van der Waals surface area contributed by atoms with Gasteiger partial charge in [-0.25, -0.2) is 4.79 Å². The minimum Gasteiger partial charge on any atom is -0.465 e. The molecule has 3 N–H and O–H groups in total. The molecular formula is C21H19N3O8. The molecule has 166 valence electrons. The Morgan fingerprint density at radius 1 is 1.25 bits per heavy atom. The molecule has 2 aromatic rings. The number of cyclic esters (lactones) is 1. The lowest BCUT2D eigenvalue weighted by Crippen LogP contribution is -2.34. The number of carbonyl (C=O) groups excluding carboxylic acids is 3. The number of amides is 2. The fourth-order valence-corrected chi connectivity index (χ4v) is 2.83. The molecule has 32 heavy (non-hydrogen) atoms. The van der Waals surface area contributed by atoms with Gasteiger partial charge >= 0.3 is 17.7 Å². The van der Waals surface area contributed by atoms with Gasteiger partial charge in [-0.3, -0.25) is 25.0 Å². The monoisotopic (exact) mass is 441 g/mol. The molecule has 3 rings (SSSR count). The molecule has 1 fully saturated rings. The Balaban J connectivity index is 1.75. The molecule has 1 saturated heterocycles. The van der Waals surface area contributed by atoms with Crippen LogP contribution in [0.5, 0.6) is 11.5 Å². The minimum absolute atomic E-state index is 0.0269. The Kier molecular flexibility index (Phi) is 6.80. The molecular weight excluding hydrogens is 422 g/mol. The van der Waals surface area contributed by atoms with Gasteiger partial charge in [0.25, 0.3) is 5.91 Å². The van der Waals surface area contributed by atoms with E-state index in [1.54, 1.807) is 31.2 Å². The van der Waals surface area contributed by atoms with Gasteiger partial charge in [0.15, 0.2) is 5.76 Å². The van der Waals surface area contributed by atoms with Crippen molar-refractivity contribution in [3.05, 3.63) is 69.5 Å². The average molecular weight is 441 g/mol. The van der Waals surface area contributed by atoms with Crippen molar-refractivity contribution in [2.24, 2.45) is 5.73 Å². The van der Waals surface area contributed by atoms with Crippen LogP contribution in [0.1, 0.15) is 18.1 Å². The zero-order chi connectivity index (χ0) is 23.3. The first kappa shape index (κ1) is 22.4. The summed E-state index contributed by atoms with van der Waals surface area (Å²) in [5, 5.41) is 13.4. The highest BCUT2D eigenvalue weighted by molar-refractivity contribution is 6.09. The summed E-state index contributed by atoms with van der Waals surface area (Å²) in [6.07, 6.45) is 0.557. The third-order valence-corrected chi connectivity index (χ3v) is 4.32. The van der Waals surface area contributed by atoms with Crippen molar-refractivity contribution in [2.45, 2.75) is 19.4 Å². The molecule has 0 bridgehead atoms. The maximum absolute atomic E-state index is 11.6. The van der Waals surface area contributed by atoms with E-state index in [1.807, 2.05) is 5.32 Å². The highest BCUT2D eigenvalue weighted by Crippen LogP contribution is 2.33. The summed E-state index contributed by atoms with van der Waals surface area (Å²) in [6.45, 7) is 1.94. The number of hydrogen-bond acceptors (Lipinski definition) is 9. The molecule has 0 aromatic heterocycles. The molecule has 1 aliphatic rings. The quantitative estimate of drug-likeness (QED) is 0.271. The Hall–Kier alpha value is -4.25. The van der Waals surface area contributed by atoms with Crippen molar-refractivity contribution in [1.29, 1.82) is 0 Å². The number of nitrogens with one attached hydrogen (secondary N) is 1. The summed E-state index contributed by atoms with van der Waals surface area (Å²) in [5.41, 5.74) is 6.48. The van der Waals surface area contributed by atoms with Gasteiger partial charge in [-0.15, -0.1) is 0 Å². The van der Waals surface area contributed by atoms with E-state index in [9.17, 15) is 24.5 Å². The third kappa shape index (κ3) is 5.46. The molecule has 1 heterocycles. The molecule has 0 radical (unpaired) electrons. The Bertz CT molecular complexity index is 1090. The summed E-state index contributed by atoms with van der Waals surface area (Å²) in [4.78, 5) is 45.1. The molecule has 1 atom stereocenters. The smallest absolute Gasteiger partial charge is 0.419 e. The number of esters is 1. The predicted molar refractivity (Wildman–Crippen MR) is 111 cm³/mol. The minimum atomic E-state index is -0.914. The normalized spacial score (nSPS) is 15.1. The zero-order valence-corrected chi connectivity index (χ0v) is 16.9. The molecule has 2 aromatic carbocycles. The van der Waals surface area contributed by atoms with Crippen LogP contribution in [0.15, 0.2) is 48.2 Å². The van der Waals surface area contributed by atoms with Crippen molar-refractivity contribution >= 4 is 29.7 Å². The molecule has 1 aliphatic heterocycles. The van der Waals surface area contributed by atoms with Gasteiger partial charge in [0, 0.05) is 6.07 Å². The van der Waals surface area contributed by atoms with Gasteiger partial charge < -0.3 is 19.9 Å². The van der Waals surface area contributed by atoms with Crippen LogP contribution < -0.4 is 15.8 Å². The van der Waals surface area contributed by atoms with Gasteiger partial charge in [0.2, 0.25) is 5.75 Å². The second-order valence-electron chi connectivity index (χ2n) is 6.65. The van der Waals surface area contributed by atoms with Gasteiger partial charge in [0.1, 0.15) is 11.8 Å². The number of alkyl carbamates (subject to hydrolysis) is 1. The summed E-state index contributed by atoms with van der Waals surface area (Å²) in [7, 11) is 0. The fourth-order valence-electron chi connectivity index (χ4n) is 2.83. The van der Waals surface area contributed by atoms with Crippen LogP contribution in [0.3, 0.4) is 0 Å². The van der Waals surface area contributed by atoms with Gasteiger partial charge in [0.05, 0.1) is 11.5 Å². The Labute approximate surface area is 181 Å². The van der Waals surface area contributed by atoms with E-state index < -0.39 is 28.9 Å². The number of benzene rings is 2. The highest BCUT2D eigenvalue weighted by atomic mass is 16.6. The average Bonchev–Trinajstić information content (AvgIpc) is 3.07. The van der Waals surface area contributed by atoms with Gasteiger partial charge in [-0.2, -0.15) is 0 Å². The maximum Gasteiger partial charge on any atom is 0.419 e. The number of nitro groups is 1. The summed E-state index contributed by atoms with van der Waals surface area (Å²) in [5.74, 6) is -1.20. The lowest BCUT2D eigenvalue weighted by atomic mass is 10.1. The first-order valence-electron chi connectivity index (χ1n) is 9.49. The molecule has 0 aliphatic carbocycles. The van der Waals surface area contributed by atoms with Crippen LogP contribution in [0, 0.1) is 10.1 Å². The van der Waals surface area contributed by atoms with Crippen LogP contribution in [-0.2, 0) is 25.5 Å². The first-order valence-corrected chi connectivity index (χ1v) is 9.49. The molecule has 11 nitrogen and oxygen atoms in total. The number of rotatable bonds is 8. The zero-order valence-electron chi connectivity index (χ0n) is 16.9. The van der Waals surface area contributed by atoms with Crippen molar-refractivity contribution < 1.29 is 33.5 Å². The van der Waals surface area contributed by atoms with E-state index in [0.717, 1.165) is 5.56 Å². The summed E-state index contributed by atoms with van der Waals surface area (Å²) in [6, 6.07) is 9.79. The van der Waals surface area contributed by atoms with Crippen molar-refractivity contribution in [1.82, 2.24) is 5.32 Å². The van der Waals surface area contributed by atoms with Gasteiger partial charge in [-0.1, -0.05) is 18.2 Å². The first-order chi connectivity index (χ1) is 15.3. The lowest BCUT2D eigenvalue weighted by molar-refractivity contribution is -0.385. The summed E-state index contributed by atoms with van der Waals surface area (Å²) >= 11 is 0. The van der Waals surface area contributed by atoms with Crippen molar-refractivity contribution in [3.8, 4) is 11.5 Å². The molecule has 0 spiro atoms. The summed E-state index contributed by atoms with van der Waals surface area (Å²) < 4.78 is 15.2. The molecule has 0 saturated carbocycles. The van der Waals surface area contributed by atoms with Crippen molar-refractivity contribution in [3.63, 3.8) is 0 Å². The van der Waals surface area contributed by atoms with E-state index in [-0.39, 0.29) is 35.8 Å². The molecule has 11 heteroatoms. The Morgan fingerprint density at radius 2 is 1.97 bits per heavy atom. The third-order valence-electron chi connectivity index (χ3n) is 4.32. The highest BCUT2D eigenvalue weighted by Gasteiger charge is 2.26. The SMILES string of the molecule is CCOC(=O)C(N)Cc1ccc(Oc2ccc(C=C3OC(=O)NC3=O)cc2[N+](=O)[O-])cc1.